The van der Waals surface area contributed by atoms with Crippen molar-refractivity contribution < 1.29 is 9.90 Å². The number of carbonyl (C=O) groups is 1. The second-order valence-electron chi connectivity index (χ2n) is 4.52. The van der Waals surface area contributed by atoms with Crippen LogP contribution in [0.2, 0.25) is 0 Å². The normalized spacial score (nSPS) is 10.3. The van der Waals surface area contributed by atoms with Gasteiger partial charge in [0.15, 0.2) is 5.43 Å². The zero-order valence-corrected chi connectivity index (χ0v) is 11.1. The molecule has 0 aliphatic rings. The van der Waals surface area contributed by atoms with Crippen LogP contribution in [0.25, 0.3) is 0 Å². The van der Waals surface area contributed by atoms with E-state index in [4.69, 9.17) is 5.11 Å². The Bertz CT molecular complexity index is 660. The molecule has 0 spiro atoms. The van der Waals surface area contributed by atoms with Crippen LogP contribution in [0, 0.1) is 6.92 Å². The summed E-state index contributed by atoms with van der Waals surface area (Å²) in [6.07, 6.45) is 1.99. The van der Waals surface area contributed by atoms with E-state index in [-0.39, 0.29) is 17.6 Å². The van der Waals surface area contributed by atoms with E-state index in [1.165, 1.54) is 12.3 Å². The summed E-state index contributed by atoms with van der Waals surface area (Å²) in [7, 11) is 0. The Balaban J connectivity index is 2.13. The Morgan fingerprint density at radius 1 is 1.30 bits per heavy atom. The lowest BCUT2D eigenvalue weighted by Crippen LogP contribution is -2.21. The summed E-state index contributed by atoms with van der Waals surface area (Å²) in [6, 6.07) is 8.52. The third-order valence-electron chi connectivity index (χ3n) is 2.91. The van der Waals surface area contributed by atoms with Crippen molar-refractivity contribution >= 4 is 11.6 Å². The van der Waals surface area contributed by atoms with Crippen molar-refractivity contribution in [2.24, 2.45) is 0 Å². The molecule has 1 aromatic heterocycles. The summed E-state index contributed by atoms with van der Waals surface area (Å²) < 4.78 is 0. The summed E-state index contributed by atoms with van der Waals surface area (Å²) in [5, 5.41) is 11.5. The maximum Gasteiger partial charge on any atom is 0.261 e. The summed E-state index contributed by atoms with van der Waals surface area (Å²) >= 11 is 0. The van der Waals surface area contributed by atoms with Gasteiger partial charge in [-0.25, -0.2) is 0 Å². The van der Waals surface area contributed by atoms with Crippen LogP contribution >= 0.6 is 0 Å². The smallest absolute Gasteiger partial charge is 0.261 e. The highest BCUT2D eigenvalue weighted by molar-refractivity contribution is 6.03. The Hall–Kier alpha value is -2.40. The molecule has 2 aromatic rings. The van der Waals surface area contributed by atoms with Gasteiger partial charge < -0.3 is 15.4 Å². The van der Waals surface area contributed by atoms with E-state index in [0.29, 0.717) is 17.8 Å². The van der Waals surface area contributed by atoms with Crippen molar-refractivity contribution in [3.63, 3.8) is 0 Å². The SMILES string of the molecule is Cc1cc(=O)c(C(=O)Nc2ccc(CCO)cc2)c[nH]1. The minimum absolute atomic E-state index is 0.0787. The fourth-order valence-corrected chi connectivity index (χ4v) is 1.83. The van der Waals surface area contributed by atoms with Crippen LogP contribution in [0.5, 0.6) is 0 Å². The monoisotopic (exact) mass is 272 g/mol. The van der Waals surface area contributed by atoms with Gasteiger partial charge in [-0.15, -0.1) is 0 Å². The molecule has 0 bridgehead atoms. The fourth-order valence-electron chi connectivity index (χ4n) is 1.83. The van der Waals surface area contributed by atoms with Gasteiger partial charge in [0.1, 0.15) is 5.56 Å². The molecule has 0 fully saturated rings. The molecular weight excluding hydrogens is 256 g/mol. The van der Waals surface area contributed by atoms with Crippen LogP contribution < -0.4 is 10.7 Å². The number of aromatic nitrogens is 1. The number of hydrogen-bond donors (Lipinski definition) is 3. The van der Waals surface area contributed by atoms with E-state index >= 15 is 0 Å². The second-order valence-corrected chi connectivity index (χ2v) is 4.52. The molecule has 0 atom stereocenters. The first-order valence-electron chi connectivity index (χ1n) is 6.30. The molecule has 0 saturated heterocycles. The lowest BCUT2D eigenvalue weighted by molar-refractivity contribution is 0.102. The number of aliphatic hydroxyl groups excluding tert-OH is 1. The number of H-pyrrole nitrogens is 1. The van der Waals surface area contributed by atoms with E-state index in [0.717, 1.165) is 5.56 Å². The topological polar surface area (TPSA) is 82.2 Å². The van der Waals surface area contributed by atoms with Gasteiger partial charge in [-0.1, -0.05) is 12.1 Å². The van der Waals surface area contributed by atoms with Gasteiger partial charge in [-0.2, -0.15) is 0 Å². The van der Waals surface area contributed by atoms with E-state index in [1.54, 1.807) is 19.1 Å². The number of rotatable bonds is 4. The van der Waals surface area contributed by atoms with Crippen LogP contribution in [0.15, 0.2) is 41.3 Å². The molecule has 0 radical (unpaired) electrons. The first-order chi connectivity index (χ1) is 9.60. The van der Waals surface area contributed by atoms with Gasteiger partial charge >= 0.3 is 0 Å². The first-order valence-corrected chi connectivity index (χ1v) is 6.30. The molecule has 1 aromatic carbocycles. The zero-order valence-electron chi connectivity index (χ0n) is 11.1. The lowest BCUT2D eigenvalue weighted by atomic mass is 10.1. The number of carbonyl (C=O) groups excluding carboxylic acids is 1. The molecule has 5 heteroatoms. The van der Waals surface area contributed by atoms with Crippen LogP contribution in [-0.4, -0.2) is 22.6 Å². The molecule has 1 amide bonds. The Morgan fingerprint density at radius 2 is 2.00 bits per heavy atom. The van der Waals surface area contributed by atoms with Crippen molar-refractivity contribution in [2.45, 2.75) is 13.3 Å². The van der Waals surface area contributed by atoms with Gasteiger partial charge in [0, 0.05) is 30.3 Å². The van der Waals surface area contributed by atoms with Gasteiger partial charge in [0.05, 0.1) is 0 Å². The van der Waals surface area contributed by atoms with E-state index in [9.17, 15) is 9.59 Å². The van der Waals surface area contributed by atoms with E-state index in [1.807, 2.05) is 12.1 Å². The largest absolute Gasteiger partial charge is 0.396 e. The number of pyridine rings is 1. The van der Waals surface area contributed by atoms with Crippen LogP contribution in [0.4, 0.5) is 5.69 Å². The molecule has 0 aliphatic heterocycles. The lowest BCUT2D eigenvalue weighted by Gasteiger charge is -2.06. The first kappa shape index (κ1) is 14.0. The van der Waals surface area contributed by atoms with Gasteiger partial charge in [-0.3, -0.25) is 9.59 Å². The maximum atomic E-state index is 12.0. The predicted molar refractivity (Wildman–Crippen MR) is 77.0 cm³/mol. The minimum Gasteiger partial charge on any atom is -0.396 e. The number of anilines is 1. The number of aryl methyl sites for hydroxylation is 1. The third-order valence-corrected chi connectivity index (χ3v) is 2.91. The zero-order chi connectivity index (χ0) is 14.5. The standard InChI is InChI=1S/C15H16N2O3/c1-10-8-14(19)13(9-16-10)15(20)17-12-4-2-11(3-5-12)6-7-18/h2-5,8-9,18H,6-7H2,1H3,(H,16,19)(H,17,20). The number of nitrogens with one attached hydrogen (secondary N) is 2. The average Bonchev–Trinajstić information content (AvgIpc) is 2.41. The molecule has 20 heavy (non-hydrogen) atoms. The minimum atomic E-state index is -0.443. The Kier molecular flexibility index (Phi) is 4.32. The van der Waals surface area contributed by atoms with Crippen molar-refractivity contribution in [3.8, 4) is 0 Å². The number of benzene rings is 1. The Morgan fingerprint density at radius 3 is 2.60 bits per heavy atom. The highest BCUT2D eigenvalue weighted by Gasteiger charge is 2.10. The number of aromatic amines is 1. The molecule has 3 N–H and O–H groups in total. The molecule has 0 aliphatic carbocycles. The van der Waals surface area contributed by atoms with E-state index in [2.05, 4.69) is 10.3 Å². The van der Waals surface area contributed by atoms with E-state index < -0.39 is 5.91 Å². The van der Waals surface area contributed by atoms with Crippen LogP contribution in [-0.2, 0) is 6.42 Å². The molecule has 1 heterocycles. The molecule has 2 rings (SSSR count). The number of aliphatic hydroxyl groups is 1. The van der Waals surface area contributed by atoms with Crippen molar-refractivity contribution in [3.05, 3.63) is 63.6 Å². The maximum absolute atomic E-state index is 12.0. The van der Waals surface area contributed by atoms with Gasteiger partial charge in [0.25, 0.3) is 5.91 Å². The van der Waals surface area contributed by atoms with Crippen LogP contribution in [0.3, 0.4) is 0 Å². The quantitative estimate of drug-likeness (QED) is 0.788. The highest BCUT2D eigenvalue weighted by Crippen LogP contribution is 2.10. The molecule has 0 saturated carbocycles. The number of amides is 1. The third kappa shape index (κ3) is 3.33. The summed E-state index contributed by atoms with van der Waals surface area (Å²) in [6.45, 7) is 1.84. The van der Waals surface area contributed by atoms with Crippen molar-refractivity contribution in [2.75, 3.05) is 11.9 Å². The second kappa shape index (κ2) is 6.16. The summed E-state index contributed by atoms with van der Waals surface area (Å²) in [5.41, 5.74) is 2.07. The molecular formula is C15H16N2O3. The van der Waals surface area contributed by atoms with Crippen LogP contribution in [0.1, 0.15) is 21.6 Å². The highest BCUT2D eigenvalue weighted by atomic mass is 16.3. The summed E-state index contributed by atoms with van der Waals surface area (Å²) in [5.74, 6) is -0.443. The summed E-state index contributed by atoms with van der Waals surface area (Å²) in [4.78, 5) is 26.5. The predicted octanol–water partition coefficient (Wildman–Crippen LogP) is 1.47. The van der Waals surface area contributed by atoms with Gasteiger partial charge in [-0.05, 0) is 31.0 Å². The number of hydrogen-bond acceptors (Lipinski definition) is 3. The molecule has 0 unspecified atom stereocenters. The Labute approximate surface area is 116 Å². The fraction of sp³-hybridized carbons (Fsp3) is 0.200. The average molecular weight is 272 g/mol. The molecule has 104 valence electrons. The molecule has 5 nitrogen and oxygen atoms in total. The van der Waals surface area contributed by atoms with Crippen molar-refractivity contribution in [1.82, 2.24) is 4.98 Å². The van der Waals surface area contributed by atoms with Crippen molar-refractivity contribution in [1.29, 1.82) is 0 Å². The van der Waals surface area contributed by atoms with Gasteiger partial charge in [0.2, 0.25) is 0 Å².